The largest absolute Gasteiger partial charge is 0.497 e. The second-order valence-corrected chi connectivity index (χ2v) is 8.30. The third-order valence-corrected chi connectivity index (χ3v) is 6.35. The van der Waals surface area contributed by atoms with Gasteiger partial charge in [0.25, 0.3) is 5.91 Å². The molecule has 1 atom stereocenters. The topological polar surface area (TPSA) is 70.2 Å². The van der Waals surface area contributed by atoms with Crippen LogP contribution in [0.3, 0.4) is 0 Å². The Morgan fingerprint density at radius 1 is 0.875 bits per heavy atom. The summed E-state index contributed by atoms with van der Waals surface area (Å²) in [5.74, 6) is 0.663. The Bertz CT molecular complexity index is 1010. The molecule has 2 aliphatic heterocycles. The summed E-state index contributed by atoms with van der Waals surface area (Å²) in [5.41, 5.74) is 2.47. The number of amides is 3. The fourth-order valence-corrected chi connectivity index (χ4v) is 4.52. The van der Waals surface area contributed by atoms with Crippen LogP contribution in [-0.2, 0) is 9.59 Å². The first-order valence-corrected chi connectivity index (χ1v) is 11.1. The van der Waals surface area contributed by atoms with Crippen molar-refractivity contribution in [3.63, 3.8) is 0 Å². The van der Waals surface area contributed by atoms with E-state index in [1.165, 1.54) is 0 Å². The second kappa shape index (κ2) is 9.42. The summed E-state index contributed by atoms with van der Waals surface area (Å²) >= 11 is 0. The minimum absolute atomic E-state index is 0.0111. The maximum absolute atomic E-state index is 13.4. The van der Waals surface area contributed by atoms with E-state index in [-0.39, 0.29) is 17.7 Å². The first-order chi connectivity index (χ1) is 15.5. The molecular weight excluding hydrogens is 406 g/mol. The smallest absolute Gasteiger partial charge is 0.254 e. The normalized spacial score (nSPS) is 18.6. The molecule has 2 fully saturated rings. The fraction of sp³-hybridized carbons (Fsp3) is 0.400. The Morgan fingerprint density at radius 2 is 1.53 bits per heavy atom. The molecule has 0 bridgehead atoms. The molecule has 7 nitrogen and oxygen atoms in total. The van der Waals surface area contributed by atoms with Gasteiger partial charge in [0.2, 0.25) is 11.8 Å². The van der Waals surface area contributed by atoms with Crippen molar-refractivity contribution >= 4 is 17.7 Å². The van der Waals surface area contributed by atoms with Crippen LogP contribution < -0.4 is 4.74 Å². The van der Waals surface area contributed by atoms with E-state index in [9.17, 15) is 14.4 Å². The number of hydrogen-bond acceptors (Lipinski definition) is 4. The predicted molar refractivity (Wildman–Crippen MR) is 121 cm³/mol. The Balaban J connectivity index is 1.49. The van der Waals surface area contributed by atoms with Crippen LogP contribution >= 0.6 is 0 Å². The lowest BCUT2D eigenvalue weighted by Crippen LogP contribution is -2.55. The summed E-state index contributed by atoms with van der Waals surface area (Å²) < 4.78 is 5.31. The van der Waals surface area contributed by atoms with Gasteiger partial charge in [0.05, 0.1) is 7.11 Å². The lowest BCUT2D eigenvalue weighted by Gasteiger charge is -2.37. The van der Waals surface area contributed by atoms with Gasteiger partial charge in [-0.2, -0.15) is 0 Å². The standard InChI is InChI=1S/C25H29N3O4/c1-18(29)26-12-14-27(15-13-26)25(31)23-10-5-11-28(23)24(30)21-8-3-6-19(16-21)20-7-4-9-22(17-20)32-2/h3-4,6-9,16-17,23H,5,10-15H2,1-2H3. The van der Waals surface area contributed by atoms with Gasteiger partial charge < -0.3 is 19.4 Å². The van der Waals surface area contributed by atoms with Crippen molar-refractivity contribution in [2.24, 2.45) is 0 Å². The maximum Gasteiger partial charge on any atom is 0.254 e. The van der Waals surface area contributed by atoms with Gasteiger partial charge in [-0.3, -0.25) is 14.4 Å². The van der Waals surface area contributed by atoms with E-state index in [0.29, 0.717) is 44.7 Å². The van der Waals surface area contributed by atoms with E-state index in [1.54, 1.807) is 34.8 Å². The number of nitrogens with zero attached hydrogens (tertiary/aromatic N) is 3. The predicted octanol–water partition coefficient (Wildman–Crippen LogP) is 2.66. The van der Waals surface area contributed by atoms with Crippen molar-refractivity contribution < 1.29 is 19.1 Å². The van der Waals surface area contributed by atoms with Crippen molar-refractivity contribution in [2.45, 2.75) is 25.8 Å². The van der Waals surface area contributed by atoms with Gasteiger partial charge in [-0.25, -0.2) is 0 Å². The number of carbonyl (C=O) groups excluding carboxylic acids is 3. The molecule has 0 aromatic heterocycles. The van der Waals surface area contributed by atoms with Crippen molar-refractivity contribution in [1.29, 1.82) is 0 Å². The molecule has 0 spiro atoms. The van der Waals surface area contributed by atoms with Gasteiger partial charge in [0.1, 0.15) is 11.8 Å². The van der Waals surface area contributed by atoms with Gasteiger partial charge >= 0.3 is 0 Å². The van der Waals surface area contributed by atoms with Crippen molar-refractivity contribution in [3.8, 4) is 16.9 Å². The third-order valence-electron chi connectivity index (χ3n) is 6.35. The average molecular weight is 436 g/mol. The van der Waals surface area contributed by atoms with Gasteiger partial charge in [-0.15, -0.1) is 0 Å². The van der Waals surface area contributed by atoms with Crippen LogP contribution in [0, 0.1) is 0 Å². The molecule has 2 heterocycles. The summed E-state index contributed by atoms with van der Waals surface area (Å²) in [5, 5.41) is 0. The number of likely N-dealkylation sites (tertiary alicyclic amines) is 1. The lowest BCUT2D eigenvalue weighted by atomic mass is 10.0. The van der Waals surface area contributed by atoms with Crippen LogP contribution in [0.4, 0.5) is 0 Å². The molecule has 2 aromatic rings. The number of ether oxygens (including phenoxy) is 1. The number of methoxy groups -OCH3 is 1. The molecule has 3 amide bonds. The Hall–Kier alpha value is -3.35. The molecule has 7 heteroatoms. The SMILES string of the molecule is COc1cccc(-c2cccc(C(=O)N3CCCC3C(=O)N3CCN(C(C)=O)CC3)c2)c1. The number of benzene rings is 2. The molecule has 0 saturated carbocycles. The molecule has 168 valence electrons. The summed E-state index contributed by atoms with van der Waals surface area (Å²) in [6.07, 6.45) is 1.48. The molecular formula is C25H29N3O4. The van der Waals surface area contributed by atoms with E-state index in [1.807, 2.05) is 42.5 Å². The number of rotatable bonds is 4. The molecule has 0 N–H and O–H groups in total. The fourth-order valence-electron chi connectivity index (χ4n) is 4.52. The Morgan fingerprint density at radius 3 is 2.22 bits per heavy atom. The highest BCUT2D eigenvalue weighted by atomic mass is 16.5. The third kappa shape index (κ3) is 4.47. The van der Waals surface area contributed by atoms with Gasteiger partial charge in [0, 0.05) is 45.2 Å². The Kier molecular flexibility index (Phi) is 6.44. The van der Waals surface area contributed by atoms with E-state index in [0.717, 1.165) is 23.3 Å². The van der Waals surface area contributed by atoms with E-state index >= 15 is 0 Å². The van der Waals surface area contributed by atoms with Crippen molar-refractivity contribution in [1.82, 2.24) is 14.7 Å². The summed E-state index contributed by atoms with van der Waals surface area (Å²) in [6.45, 7) is 4.25. The zero-order valence-electron chi connectivity index (χ0n) is 18.6. The summed E-state index contributed by atoms with van der Waals surface area (Å²) in [4.78, 5) is 43.4. The van der Waals surface area contributed by atoms with Crippen LogP contribution in [0.15, 0.2) is 48.5 Å². The minimum atomic E-state index is -0.438. The molecule has 0 aliphatic carbocycles. The Labute approximate surface area is 188 Å². The van der Waals surface area contributed by atoms with Crippen molar-refractivity contribution in [2.75, 3.05) is 39.8 Å². The van der Waals surface area contributed by atoms with Gasteiger partial charge in [-0.05, 0) is 48.2 Å². The van der Waals surface area contributed by atoms with Crippen LogP contribution in [0.25, 0.3) is 11.1 Å². The van der Waals surface area contributed by atoms with Crippen LogP contribution in [0.2, 0.25) is 0 Å². The van der Waals surface area contributed by atoms with Crippen molar-refractivity contribution in [3.05, 3.63) is 54.1 Å². The minimum Gasteiger partial charge on any atom is -0.497 e. The highest BCUT2D eigenvalue weighted by Crippen LogP contribution is 2.27. The molecule has 2 aliphatic rings. The van der Waals surface area contributed by atoms with Gasteiger partial charge in [-0.1, -0.05) is 24.3 Å². The zero-order valence-corrected chi connectivity index (χ0v) is 18.6. The first kappa shape index (κ1) is 21.9. The van der Waals surface area contributed by atoms with E-state index in [2.05, 4.69) is 0 Å². The summed E-state index contributed by atoms with van der Waals surface area (Å²) in [7, 11) is 1.63. The van der Waals surface area contributed by atoms with Crippen LogP contribution in [0.5, 0.6) is 5.75 Å². The summed E-state index contributed by atoms with van der Waals surface area (Å²) in [6, 6.07) is 14.8. The zero-order chi connectivity index (χ0) is 22.7. The number of piperazine rings is 1. The van der Waals surface area contributed by atoms with Crippen LogP contribution in [-0.4, -0.2) is 78.3 Å². The monoisotopic (exact) mass is 435 g/mol. The first-order valence-electron chi connectivity index (χ1n) is 11.1. The molecule has 2 aromatic carbocycles. The number of carbonyl (C=O) groups is 3. The molecule has 32 heavy (non-hydrogen) atoms. The van der Waals surface area contributed by atoms with E-state index in [4.69, 9.17) is 4.74 Å². The highest BCUT2D eigenvalue weighted by molar-refractivity contribution is 5.99. The second-order valence-electron chi connectivity index (χ2n) is 8.30. The number of hydrogen-bond donors (Lipinski definition) is 0. The average Bonchev–Trinajstić information content (AvgIpc) is 3.33. The van der Waals surface area contributed by atoms with Crippen LogP contribution in [0.1, 0.15) is 30.1 Å². The molecule has 0 radical (unpaired) electrons. The molecule has 1 unspecified atom stereocenters. The molecule has 2 saturated heterocycles. The van der Waals surface area contributed by atoms with Gasteiger partial charge in [0.15, 0.2) is 0 Å². The molecule has 4 rings (SSSR count). The quantitative estimate of drug-likeness (QED) is 0.740. The lowest BCUT2D eigenvalue weighted by molar-refractivity contribution is -0.141. The highest BCUT2D eigenvalue weighted by Gasteiger charge is 2.37. The maximum atomic E-state index is 13.4. The van der Waals surface area contributed by atoms with E-state index < -0.39 is 6.04 Å².